The minimum absolute atomic E-state index is 0.175. The van der Waals surface area contributed by atoms with Gasteiger partial charge in [0.15, 0.2) is 17.3 Å². The number of pyridine rings is 1. The first-order valence-corrected chi connectivity index (χ1v) is 6.52. The third-order valence-electron chi connectivity index (χ3n) is 2.97. The number of aromatic amines is 1. The second-order valence-electron chi connectivity index (χ2n) is 4.22. The predicted molar refractivity (Wildman–Crippen MR) is 75.3 cm³/mol. The lowest BCUT2D eigenvalue weighted by molar-refractivity contribution is 0.103. The average molecular weight is 335 g/mol. The fourth-order valence-electron chi connectivity index (χ4n) is 2.01. The number of carbonyl (C=O) groups excluding carboxylic acids is 1. The molecule has 0 fully saturated rings. The summed E-state index contributed by atoms with van der Waals surface area (Å²) in [4.78, 5) is 19.4. The topological polar surface area (TPSA) is 66.0 Å². The number of nitrogens with one attached hydrogen (secondary N) is 1. The molecule has 1 aromatic carbocycles. The van der Waals surface area contributed by atoms with Gasteiger partial charge >= 0.3 is 0 Å². The summed E-state index contributed by atoms with van der Waals surface area (Å²) >= 11 is 3.28. The second kappa shape index (κ2) is 4.72. The van der Waals surface area contributed by atoms with E-state index in [0.29, 0.717) is 16.6 Å². The molecule has 0 aliphatic carbocycles. The zero-order chi connectivity index (χ0) is 14.3. The first-order chi connectivity index (χ1) is 9.58. The van der Waals surface area contributed by atoms with Crippen LogP contribution in [0.1, 0.15) is 15.9 Å². The monoisotopic (exact) mass is 334 g/mol. The number of fused-ring (bicyclic) bond motifs is 1. The summed E-state index contributed by atoms with van der Waals surface area (Å²) in [6.45, 7) is 0. The standard InChI is InChI=1S/C14H8BrFN2O2/c15-7-4-9-10(6-18-14(9)17-5-7)13(20)8-2-1-3-11(19)12(8)16/h1-6,19H,(H,17,18). The van der Waals surface area contributed by atoms with Gasteiger partial charge in [-0.25, -0.2) is 9.37 Å². The lowest BCUT2D eigenvalue weighted by Crippen LogP contribution is -2.03. The molecule has 2 N–H and O–H groups in total. The van der Waals surface area contributed by atoms with E-state index in [2.05, 4.69) is 25.9 Å². The van der Waals surface area contributed by atoms with Crippen molar-refractivity contribution in [2.75, 3.05) is 0 Å². The molecule has 3 rings (SSSR count). The number of benzene rings is 1. The number of ketones is 1. The summed E-state index contributed by atoms with van der Waals surface area (Å²) in [5, 5.41) is 9.94. The zero-order valence-electron chi connectivity index (χ0n) is 10.0. The molecule has 0 bridgehead atoms. The predicted octanol–water partition coefficient (Wildman–Crippen LogP) is 3.40. The largest absolute Gasteiger partial charge is 0.505 e. The molecule has 100 valence electrons. The zero-order valence-corrected chi connectivity index (χ0v) is 11.6. The Balaban J connectivity index is 2.18. The van der Waals surface area contributed by atoms with Gasteiger partial charge in [0, 0.05) is 27.8 Å². The highest BCUT2D eigenvalue weighted by atomic mass is 79.9. The molecule has 0 aliphatic rings. The Morgan fingerprint density at radius 2 is 2.15 bits per heavy atom. The van der Waals surface area contributed by atoms with E-state index in [4.69, 9.17) is 0 Å². The van der Waals surface area contributed by atoms with Crippen molar-refractivity contribution in [1.29, 1.82) is 0 Å². The van der Waals surface area contributed by atoms with Gasteiger partial charge in [-0.2, -0.15) is 0 Å². The first kappa shape index (κ1) is 12.8. The fraction of sp³-hybridized carbons (Fsp3) is 0. The molecular formula is C14H8BrFN2O2. The smallest absolute Gasteiger partial charge is 0.198 e. The Morgan fingerprint density at radius 1 is 1.35 bits per heavy atom. The Hall–Kier alpha value is -2.21. The molecule has 20 heavy (non-hydrogen) atoms. The number of phenols is 1. The van der Waals surface area contributed by atoms with Crippen LogP contribution in [0.25, 0.3) is 11.0 Å². The molecule has 3 aromatic rings. The lowest BCUT2D eigenvalue weighted by atomic mass is 10.0. The van der Waals surface area contributed by atoms with Crippen LogP contribution < -0.4 is 0 Å². The van der Waals surface area contributed by atoms with Crippen molar-refractivity contribution in [1.82, 2.24) is 9.97 Å². The SMILES string of the molecule is O=C(c1cccc(O)c1F)c1c[nH]c2ncc(Br)cc12. The molecule has 0 spiro atoms. The molecule has 2 heterocycles. The van der Waals surface area contributed by atoms with Gasteiger partial charge in [0.2, 0.25) is 0 Å². The summed E-state index contributed by atoms with van der Waals surface area (Å²) in [6.07, 6.45) is 3.08. The summed E-state index contributed by atoms with van der Waals surface area (Å²) in [5.74, 6) is -1.98. The van der Waals surface area contributed by atoms with Crippen LogP contribution in [0, 0.1) is 5.82 Å². The highest BCUT2D eigenvalue weighted by Crippen LogP contribution is 2.26. The number of carbonyl (C=O) groups is 1. The molecule has 2 aromatic heterocycles. The summed E-state index contributed by atoms with van der Waals surface area (Å²) in [7, 11) is 0. The quantitative estimate of drug-likeness (QED) is 0.706. The van der Waals surface area contributed by atoms with E-state index in [1.807, 2.05) is 0 Å². The summed E-state index contributed by atoms with van der Waals surface area (Å²) in [5.41, 5.74) is 0.668. The highest BCUT2D eigenvalue weighted by Gasteiger charge is 2.19. The number of aromatic nitrogens is 2. The van der Waals surface area contributed by atoms with E-state index in [0.717, 1.165) is 4.47 Å². The molecule has 0 saturated heterocycles. The van der Waals surface area contributed by atoms with Crippen molar-refractivity contribution in [2.45, 2.75) is 0 Å². The van der Waals surface area contributed by atoms with Gasteiger partial charge in [0.1, 0.15) is 5.65 Å². The van der Waals surface area contributed by atoms with Crippen molar-refractivity contribution in [3.8, 4) is 5.75 Å². The van der Waals surface area contributed by atoms with Gasteiger partial charge in [-0.3, -0.25) is 4.79 Å². The van der Waals surface area contributed by atoms with Gasteiger partial charge in [-0.15, -0.1) is 0 Å². The second-order valence-corrected chi connectivity index (χ2v) is 5.14. The first-order valence-electron chi connectivity index (χ1n) is 5.72. The van der Waals surface area contributed by atoms with Crippen LogP contribution in [-0.4, -0.2) is 20.9 Å². The number of halogens is 2. The van der Waals surface area contributed by atoms with Gasteiger partial charge in [0.25, 0.3) is 0 Å². The summed E-state index contributed by atoms with van der Waals surface area (Å²) in [6, 6.07) is 5.68. The fourth-order valence-corrected chi connectivity index (χ4v) is 2.34. The van der Waals surface area contributed by atoms with Crippen LogP contribution in [0.15, 0.2) is 41.1 Å². The van der Waals surface area contributed by atoms with Gasteiger partial charge in [-0.1, -0.05) is 6.07 Å². The van der Waals surface area contributed by atoms with Gasteiger partial charge in [0.05, 0.1) is 5.56 Å². The normalized spacial score (nSPS) is 10.9. The van der Waals surface area contributed by atoms with E-state index in [9.17, 15) is 14.3 Å². The number of aromatic hydroxyl groups is 1. The van der Waals surface area contributed by atoms with E-state index >= 15 is 0 Å². The number of H-pyrrole nitrogens is 1. The number of phenolic OH excluding ortho intramolecular Hbond substituents is 1. The van der Waals surface area contributed by atoms with Crippen molar-refractivity contribution >= 4 is 32.7 Å². The molecule has 0 atom stereocenters. The molecule has 0 unspecified atom stereocenters. The lowest BCUT2D eigenvalue weighted by Gasteiger charge is -2.03. The van der Waals surface area contributed by atoms with Crippen molar-refractivity contribution < 1.29 is 14.3 Å². The molecule has 6 heteroatoms. The Kier molecular flexibility index (Phi) is 3.02. The molecule has 0 aliphatic heterocycles. The van der Waals surface area contributed by atoms with E-state index in [-0.39, 0.29) is 5.56 Å². The third-order valence-corrected chi connectivity index (χ3v) is 3.40. The van der Waals surface area contributed by atoms with Crippen LogP contribution >= 0.6 is 15.9 Å². The number of hydrogen-bond donors (Lipinski definition) is 2. The van der Waals surface area contributed by atoms with Crippen molar-refractivity contribution in [3.63, 3.8) is 0 Å². The van der Waals surface area contributed by atoms with Crippen LogP contribution in [0.2, 0.25) is 0 Å². The van der Waals surface area contributed by atoms with Crippen LogP contribution in [0.5, 0.6) is 5.75 Å². The number of hydrogen-bond acceptors (Lipinski definition) is 3. The maximum atomic E-state index is 13.8. The van der Waals surface area contributed by atoms with E-state index in [1.54, 1.807) is 12.3 Å². The molecule has 0 radical (unpaired) electrons. The van der Waals surface area contributed by atoms with Crippen molar-refractivity contribution in [3.05, 3.63) is 58.1 Å². The van der Waals surface area contributed by atoms with Crippen molar-refractivity contribution in [2.24, 2.45) is 0 Å². The van der Waals surface area contributed by atoms with Crippen LogP contribution in [0.3, 0.4) is 0 Å². The molecule has 0 amide bonds. The summed E-state index contributed by atoms with van der Waals surface area (Å²) < 4.78 is 14.5. The maximum Gasteiger partial charge on any atom is 0.198 e. The van der Waals surface area contributed by atoms with E-state index in [1.165, 1.54) is 24.4 Å². The average Bonchev–Trinajstić information content (AvgIpc) is 2.84. The molecular weight excluding hydrogens is 327 g/mol. The number of rotatable bonds is 2. The minimum Gasteiger partial charge on any atom is -0.505 e. The Bertz CT molecular complexity index is 829. The third kappa shape index (κ3) is 1.98. The highest BCUT2D eigenvalue weighted by molar-refractivity contribution is 9.10. The molecule has 0 saturated carbocycles. The van der Waals surface area contributed by atoms with E-state index < -0.39 is 17.3 Å². The number of nitrogens with zero attached hydrogens (tertiary/aromatic N) is 1. The maximum absolute atomic E-state index is 13.8. The van der Waals surface area contributed by atoms with Crippen LogP contribution in [-0.2, 0) is 0 Å². The van der Waals surface area contributed by atoms with Crippen LogP contribution in [0.4, 0.5) is 4.39 Å². The van der Waals surface area contributed by atoms with Gasteiger partial charge < -0.3 is 10.1 Å². The Morgan fingerprint density at radius 3 is 2.95 bits per heavy atom. The minimum atomic E-state index is -0.921. The molecule has 4 nitrogen and oxygen atoms in total. The Labute approximate surface area is 121 Å². The van der Waals surface area contributed by atoms with Gasteiger partial charge in [-0.05, 0) is 34.1 Å².